The van der Waals surface area contributed by atoms with E-state index in [0.717, 1.165) is 27.7 Å². The van der Waals surface area contributed by atoms with Crippen LogP contribution in [0, 0.1) is 0 Å². The number of para-hydroxylation sites is 1. The second kappa shape index (κ2) is 6.90. The molecule has 5 aromatic rings. The fraction of sp³-hybridized carbons (Fsp3) is 0.100. The third-order valence-corrected chi connectivity index (χ3v) is 5.36. The minimum atomic E-state index is -0.191. The fourth-order valence-electron chi connectivity index (χ4n) is 2.91. The number of nitrogens with zero attached hydrogens (tertiary/aromatic N) is 5. The molecule has 2 aromatic carbocycles. The molecule has 0 saturated heterocycles. The number of aromatic amines is 1. The number of hydrogen-bond acceptors (Lipinski definition) is 6. The lowest BCUT2D eigenvalue weighted by Gasteiger charge is -2.11. The largest absolute Gasteiger partial charge is 0.483 e. The van der Waals surface area contributed by atoms with Crippen molar-refractivity contribution in [1.82, 2.24) is 30.0 Å². The number of nitrogens with one attached hydrogen (secondary N) is 1. The summed E-state index contributed by atoms with van der Waals surface area (Å²) in [4.78, 5) is 0.712. The van der Waals surface area contributed by atoms with Gasteiger partial charge in [0.05, 0.1) is 5.69 Å². The SMILES string of the molecule is CC(Oc1ccccc1)c1nn2c(-c3cc(-c4ccccc4)n[nH]3)nnc2s1. The molecule has 1 unspecified atom stereocenters. The third kappa shape index (κ3) is 3.03. The van der Waals surface area contributed by atoms with Crippen LogP contribution in [-0.2, 0) is 0 Å². The number of fused-ring (bicyclic) bond motifs is 1. The van der Waals surface area contributed by atoms with Gasteiger partial charge in [-0.25, -0.2) is 0 Å². The average Bonchev–Trinajstić information content (AvgIpc) is 3.45. The van der Waals surface area contributed by atoms with E-state index in [1.165, 1.54) is 11.3 Å². The Kier molecular flexibility index (Phi) is 4.10. The number of ether oxygens (including phenoxy) is 1. The summed E-state index contributed by atoms with van der Waals surface area (Å²) in [5.74, 6) is 1.43. The average molecular weight is 388 g/mol. The van der Waals surface area contributed by atoms with Gasteiger partial charge in [0.2, 0.25) is 10.8 Å². The molecule has 8 heteroatoms. The van der Waals surface area contributed by atoms with E-state index in [9.17, 15) is 0 Å². The molecule has 0 aliphatic rings. The molecule has 0 amide bonds. The Hall–Kier alpha value is -3.52. The highest BCUT2D eigenvalue weighted by Gasteiger charge is 2.19. The van der Waals surface area contributed by atoms with Crippen LogP contribution in [0.3, 0.4) is 0 Å². The third-order valence-electron chi connectivity index (χ3n) is 4.30. The zero-order valence-corrected chi connectivity index (χ0v) is 15.8. The van der Waals surface area contributed by atoms with Crippen LogP contribution in [0.25, 0.3) is 27.7 Å². The predicted molar refractivity (Wildman–Crippen MR) is 107 cm³/mol. The molecular formula is C20H16N6OS. The van der Waals surface area contributed by atoms with Gasteiger partial charge in [0.15, 0.2) is 5.01 Å². The van der Waals surface area contributed by atoms with Gasteiger partial charge < -0.3 is 4.74 Å². The van der Waals surface area contributed by atoms with Gasteiger partial charge in [-0.15, -0.1) is 10.2 Å². The molecule has 0 fully saturated rings. The maximum absolute atomic E-state index is 5.97. The maximum atomic E-state index is 5.97. The highest BCUT2D eigenvalue weighted by Crippen LogP contribution is 2.28. The molecule has 1 N–H and O–H groups in total. The summed E-state index contributed by atoms with van der Waals surface area (Å²) >= 11 is 1.46. The van der Waals surface area contributed by atoms with E-state index < -0.39 is 0 Å². The minimum Gasteiger partial charge on any atom is -0.483 e. The number of rotatable bonds is 5. The molecule has 1 atom stereocenters. The molecule has 0 saturated carbocycles. The normalized spacial score (nSPS) is 12.3. The van der Waals surface area contributed by atoms with E-state index in [1.807, 2.05) is 73.7 Å². The van der Waals surface area contributed by atoms with Crippen molar-refractivity contribution in [1.29, 1.82) is 0 Å². The van der Waals surface area contributed by atoms with Gasteiger partial charge in [0.1, 0.15) is 17.5 Å². The van der Waals surface area contributed by atoms with Crippen LogP contribution in [0.1, 0.15) is 18.0 Å². The zero-order chi connectivity index (χ0) is 18.9. The molecule has 0 aliphatic heterocycles. The highest BCUT2D eigenvalue weighted by molar-refractivity contribution is 7.16. The molecule has 0 spiro atoms. The molecule has 138 valence electrons. The van der Waals surface area contributed by atoms with Crippen LogP contribution in [0.15, 0.2) is 66.7 Å². The lowest BCUT2D eigenvalue weighted by molar-refractivity contribution is 0.225. The molecule has 28 heavy (non-hydrogen) atoms. The maximum Gasteiger partial charge on any atom is 0.235 e. The summed E-state index contributed by atoms with van der Waals surface area (Å²) in [6.07, 6.45) is -0.191. The van der Waals surface area contributed by atoms with Crippen molar-refractivity contribution in [2.45, 2.75) is 13.0 Å². The summed E-state index contributed by atoms with van der Waals surface area (Å²) in [7, 11) is 0. The fourth-order valence-corrected chi connectivity index (χ4v) is 3.73. The van der Waals surface area contributed by atoms with E-state index >= 15 is 0 Å². The van der Waals surface area contributed by atoms with Gasteiger partial charge in [0.25, 0.3) is 0 Å². The summed E-state index contributed by atoms with van der Waals surface area (Å²) in [6, 6.07) is 21.6. The molecule has 0 aliphatic carbocycles. The molecule has 5 rings (SSSR count). The topological polar surface area (TPSA) is 81.0 Å². The monoisotopic (exact) mass is 388 g/mol. The first-order valence-electron chi connectivity index (χ1n) is 8.83. The second-order valence-corrected chi connectivity index (χ2v) is 7.25. The van der Waals surface area contributed by atoms with Crippen LogP contribution in [0.4, 0.5) is 0 Å². The van der Waals surface area contributed by atoms with Crippen LogP contribution in [0.2, 0.25) is 0 Å². The van der Waals surface area contributed by atoms with Gasteiger partial charge in [0, 0.05) is 5.56 Å². The smallest absolute Gasteiger partial charge is 0.235 e. The first kappa shape index (κ1) is 16.6. The molecule has 0 bridgehead atoms. The summed E-state index contributed by atoms with van der Waals surface area (Å²) < 4.78 is 7.70. The number of hydrogen-bond donors (Lipinski definition) is 1. The Bertz CT molecular complexity index is 1210. The molecular weight excluding hydrogens is 372 g/mol. The van der Waals surface area contributed by atoms with E-state index in [-0.39, 0.29) is 6.10 Å². The van der Waals surface area contributed by atoms with Gasteiger partial charge in [-0.1, -0.05) is 59.9 Å². The number of aromatic nitrogens is 6. The summed E-state index contributed by atoms with van der Waals surface area (Å²) in [6.45, 7) is 1.97. The molecule has 3 heterocycles. The van der Waals surface area contributed by atoms with Crippen LogP contribution < -0.4 is 4.74 Å². The van der Waals surface area contributed by atoms with Crippen molar-refractivity contribution in [3.05, 3.63) is 71.7 Å². The predicted octanol–water partition coefficient (Wildman–Crippen LogP) is 4.38. The quantitative estimate of drug-likeness (QED) is 0.483. The Morgan fingerprint density at radius 3 is 2.54 bits per heavy atom. The number of benzene rings is 2. The summed E-state index contributed by atoms with van der Waals surface area (Å²) in [5, 5.41) is 21.4. The molecule has 3 aromatic heterocycles. The standard InChI is InChI=1S/C20H16N6OS/c1-13(27-15-10-6-3-7-11-15)19-25-26-18(23-24-20(26)28-19)17-12-16(21-22-17)14-8-4-2-5-9-14/h2-13H,1H3,(H,21,22). The number of H-pyrrole nitrogens is 1. The Morgan fingerprint density at radius 1 is 1.00 bits per heavy atom. The van der Waals surface area contributed by atoms with E-state index in [0.29, 0.717) is 10.8 Å². The first-order valence-corrected chi connectivity index (χ1v) is 9.64. The Morgan fingerprint density at radius 2 is 1.75 bits per heavy atom. The van der Waals surface area contributed by atoms with E-state index in [1.54, 1.807) is 4.52 Å². The Labute approximate surface area is 164 Å². The van der Waals surface area contributed by atoms with Crippen molar-refractivity contribution >= 4 is 16.3 Å². The second-order valence-electron chi connectivity index (χ2n) is 6.26. The van der Waals surface area contributed by atoms with Crippen molar-refractivity contribution in [3.8, 4) is 28.5 Å². The van der Waals surface area contributed by atoms with Crippen molar-refractivity contribution < 1.29 is 4.74 Å². The summed E-state index contributed by atoms with van der Waals surface area (Å²) in [5.41, 5.74) is 2.65. The lowest BCUT2D eigenvalue weighted by Crippen LogP contribution is -2.03. The van der Waals surface area contributed by atoms with Gasteiger partial charge in [-0.3, -0.25) is 5.10 Å². The van der Waals surface area contributed by atoms with Gasteiger partial charge in [-0.05, 0) is 25.1 Å². The molecule has 7 nitrogen and oxygen atoms in total. The Balaban J connectivity index is 1.45. The zero-order valence-electron chi connectivity index (χ0n) is 15.0. The van der Waals surface area contributed by atoms with Crippen molar-refractivity contribution in [2.75, 3.05) is 0 Å². The first-order chi connectivity index (χ1) is 13.8. The van der Waals surface area contributed by atoms with Crippen LogP contribution in [0.5, 0.6) is 5.75 Å². The van der Waals surface area contributed by atoms with Gasteiger partial charge >= 0.3 is 0 Å². The van der Waals surface area contributed by atoms with Crippen LogP contribution >= 0.6 is 11.3 Å². The van der Waals surface area contributed by atoms with Crippen molar-refractivity contribution in [3.63, 3.8) is 0 Å². The lowest BCUT2D eigenvalue weighted by atomic mass is 10.1. The minimum absolute atomic E-state index is 0.191. The highest BCUT2D eigenvalue weighted by atomic mass is 32.1. The van der Waals surface area contributed by atoms with E-state index in [4.69, 9.17) is 4.74 Å². The van der Waals surface area contributed by atoms with E-state index in [2.05, 4.69) is 25.5 Å². The van der Waals surface area contributed by atoms with Crippen molar-refractivity contribution in [2.24, 2.45) is 0 Å². The van der Waals surface area contributed by atoms with Crippen LogP contribution in [-0.4, -0.2) is 30.0 Å². The molecule has 0 radical (unpaired) electrons. The van der Waals surface area contributed by atoms with Gasteiger partial charge in [-0.2, -0.15) is 14.7 Å².